The third kappa shape index (κ3) is 2.96. The second kappa shape index (κ2) is 6.64. The first kappa shape index (κ1) is 15.3. The minimum absolute atomic E-state index is 0.291. The first-order chi connectivity index (χ1) is 10.3. The van der Waals surface area contributed by atoms with Crippen molar-refractivity contribution in [3.8, 4) is 0 Å². The normalized spacial score (nSPS) is 18.8. The lowest BCUT2D eigenvalue weighted by atomic mass is 9.71. The molecular weight excluding hydrogens is 342 g/mol. The van der Waals surface area contributed by atoms with Crippen molar-refractivity contribution in [2.24, 2.45) is 0 Å². The van der Waals surface area contributed by atoms with Crippen LogP contribution in [-0.2, 0) is 11.8 Å². The van der Waals surface area contributed by atoms with Crippen LogP contribution in [0.5, 0.6) is 0 Å². The van der Waals surface area contributed by atoms with Crippen LogP contribution < -0.4 is 5.32 Å². The molecule has 3 heteroatoms. The average molecular weight is 364 g/mol. The highest BCUT2D eigenvalue weighted by atomic mass is 79.9. The van der Waals surface area contributed by atoms with Gasteiger partial charge in [0, 0.05) is 20.8 Å². The highest BCUT2D eigenvalue weighted by Crippen LogP contribution is 2.45. The Morgan fingerprint density at radius 2 is 1.90 bits per heavy atom. The maximum Gasteiger partial charge on any atom is 0.0314 e. The number of likely N-dealkylation sites (N-methyl/N-ethyl adjacent to an activating group) is 1. The van der Waals surface area contributed by atoms with Gasteiger partial charge in [-0.2, -0.15) is 0 Å². The number of nitrogens with one attached hydrogen (secondary N) is 1. The summed E-state index contributed by atoms with van der Waals surface area (Å²) in [6, 6.07) is 13.8. The summed E-state index contributed by atoms with van der Waals surface area (Å²) in [5.74, 6) is 0. The molecule has 1 heterocycles. The van der Waals surface area contributed by atoms with Crippen LogP contribution in [0, 0.1) is 0 Å². The molecule has 2 aromatic rings. The van der Waals surface area contributed by atoms with Crippen molar-refractivity contribution >= 4 is 27.3 Å². The minimum Gasteiger partial charge on any atom is -0.316 e. The maximum absolute atomic E-state index is 3.69. The van der Waals surface area contributed by atoms with Crippen molar-refractivity contribution in [2.75, 3.05) is 7.05 Å². The fourth-order valence-electron chi connectivity index (χ4n) is 3.84. The molecule has 0 amide bonds. The topological polar surface area (TPSA) is 12.0 Å². The van der Waals surface area contributed by atoms with Gasteiger partial charge < -0.3 is 5.32 Å². The molecule has 0 spiro atoms. The summed E-state index contributed by atoms with van der Waals surface area (Å²) in [6.45, 7) is 0. The Labute approximate surface area is 139 Å². The number of rotatable bonds is 5. The molecule has 21 heavy (non-hydrogen) atoms. The predicted octanol–water partition coefficient (Wildman–Crippen LogP) is 5.15. The van der Waals surface area contributed by atoms with Crippen molar-refractivity contribution < 1.29 is 0 Å². The van der Waals surface area contributed by atoms with E-state index in [4.69, 9.17) is 0 Å². The van der Waals surface area contributed by atoms with E-state index in [-0.39, 0.29) is 0 Å². The van der Waals surface area contributed by atoms with E-state index in [9.17, 15) is 0 Å². The van der Waals surface area contributed by atoms with E-state index in [1.807, 2.05) is 11.3 Å². The molecule has 1 fully saturated rings. The van der Waals surface area contributed by atoms with Gasteiger partial charge in [0.1, 0.15) is 0 Å². The van der Waals surface area contributed by atoms with E-state index in [0.29, 0.717) is 11.5 Å². The van der Waals surface area contributed by atoms with Gasteiger partial charge in [-0.1, -0.05) is 43.2 Å². The summed E-state index contributed by atoms with van der Waals surface area (Å²) in [5, 5.41) is 5.81. The summed E-state index contributed by atoms with van der Waals surface area (Å²) in [5.41, 5.74) is 1.80. The van der Waals surface area contributed by atoms with Crippen LogP contribution in [0.1, 0.15) is 36.1 Å². The smallest absolute Gasteiger partial charge is 0.0314 e. The van der Waals surface area contributed by atoms with Gasteiger partial charge in [-0.25, -0.2) is 0 Å². The average Bonchev–Trinajstić information content (AvgIpc) is 3.16. The minimum atomic E-state index is 0.291. The molecule has 1 saturated carbocycles. The van der Waals surface area contributed by atoms with Gasteiger partial charge in [-0.3, -0.25) is 0 Å². The van der Waals surface area contributed by atoms with Gasteiger partial charge in [0.15, 0.2) is 0 Å². The Morgan fingerprint density at radius 1 is 1.19 bits per heavy atom. The van der Waals surface area contributed by atoms with Crippen molar-refractivity contribution in [1.82, 2.24) is 5.32 Å². The summed E-state index contributed by atoms with van der Waals surface area (Å²) in [7, 11) is 2.12. The lowest BCUT2D eigenvalue weighted by Gasteiger charge is -2.38. The molecule has 0 radical (unpaired) electrons. The fourth-order valence-corrected chi connectivity index (χ4v) is 5.41. The van der Waals surface area contributed by atoms with Crippen LogP contribution in [0.15, 0.2) is 46.3 Å². The Kier molecular flexibility index (Phi) is 4.82. The van der Waals surface area contributed by atoms with Crippen LogP contribution in [0.2, 0.25) is 0 Å². The number of benzene rings is 1. The van der Waals surface area contributed by atoms with Gasteiger partial charge in [0.2, 0.25) is 0 Å². The third-order valence-corrected chi connectivity index (χ3v) is 6.89. The van der Waals surface area contributed by atoms with Crippen LogP contribution in [0.25, 0.3) is 0 Å². The standard InChI is InChI=1S/C18H22BrNS/c1-20-17(13-16-15(19)9-12-21-16)18(10-5-6-11-18)14-7-3-2-4-8-14/h2-4,7-9,12,17,20H,5-6,10-11,13H2,1H3. The van der Waals surface area contributed by atoms with Crippen LogP contribution in [-0.4, -0.2) is 13.1 Å². The molecule has 1 nitrogen and oxygen atoms in total. The van der Waals surface area contributed by atoms with Gasteiger partial charge in [-0.05, 0) is 59.2 Å². The lowest BCUT2D eigenvalue weighted by Crippen LogP contribution is -2.46. The first-order valence-electron chi connectivity index (χ1n) is 7.71. The third-order valence-electron chi connectivity index (χ3n) is 4.94. The summed E-state index contributed by atoms with van der Waals surface area (Å²) in [6.07, 6.45) is 6.39. The quantitative estimate of drug-likeness (QED) is 0.773. The van der Waals surface area contributed by atoms with Gasteiger partial charge in [-0.15, -0.1) is 11.3 Å². The number of halogens is 1. The molecule has 112 valence electrons. The summed E-state index contributed by atoms with van der Waals surface area (Å²) >= 11 is 5.55. The van der Waals surface area contributed by atoms with Crippen LogP contribution in [0.4, 0.5) is 0 Å². The molecule has 0 aliphatic heterocycles. The maximum atomic E-state index is 3.69. The molecule has 1 aromatic heterocycles. The Morgan fingerprint density at radius 3 is 2.48 bits per heavy atom. The second-order valence-corrected chi connectivity index (χ2v) is 7.82. The SMILES string of the molecule is CNC(Cc1sccc1Br)C1(c2ccccc2)CCCC1. The molecule has 0 saturated heterocycles. The lowest BCUT2D eigenvalue weighted by molar-refractivity contribution is 0.308. The second-order valence-electron chi connectivity index (χ2n) is 5.97. The number of hydrogen-bond acceptors (Lipinski definition) is 2. The van der Waals surface area contributed by atoms with Crippen molar-refractivity contribution in [3.05, 3.63) is 56.7 Å². The number of thiophene rings is 1. The molecule has 0 bridgehead atoms. The van der Waals surface area contributed by atoms with Crippen molar-refractivity contribution in [1.29, 1.82) is 0 Å². The van der Waals surface area contributed by atoms with Gasteiger partial charge in [0.25, 0.3) is 0 Å². The Balaban J connectivity index is 1.93. The van der Waals surface area contributed by atoms with E-state index < -0.39 is 0 Å². The fraction of sp³-hybridized carbons (Fsp3) is 0.444. The van der Waals surface area contributed by atoms with Gasteiger partial charge in [0.05, 0.1) is 0 Å². The van der Waals surface area contributed by atoms with E-state index in [2.05, 4.69) is 70.1 Å². The zero-order valence-electron chi connectivity index (χ0n) is 12.4. The molecule has 1 aliphatic rings. The van der Waals surface area contributed by atoms with E-state index >= 15 is 0 Å². The summed E-state index contributed by atoms with van der Waals surface area (Å²) in [4.78, 5) is 1.46. The van der Waals surface area contributed by atoms with E-state index in [1.165, 1.54) is 40.6 Å². The van der Waals surface area contributed by atoms with Crippen molar-refractivity contribution in [2.45, 2.75) is 43.6 Å². The Bertz CT molecular complexity index is 572. The molecule has 3 rings (SSSR count). The van der Waals surface area contributed by atoms with Crippen LogP contribution >= 0.6 is 27.3 Å². The van der Waals surface area contributed by atoms with E-state index in [1.54, 1.807) is 0 Å². The van der Waals surface area contributed by atoms with E-state index in [0.717, 1.165) is 6.42 Å². The summed E-state index contributed by atoms with van der Waals surface area (Å²) < 4.78 is 1.26. The molecule has 1 atom stereocenters. The molecule has 1 aromatic carbocycles. The largest absolute Gasteiger partial charge is 0.316 e. The highest BCUT2D eigenvalue weighted by Gasteiger charge is 2.42. The zero-order chi connectivity index (χ0) is 14.7. The monoisotopic (exact) mass is 363 g/mol. The highest BCUT2D eigenvalue weighted by molar-refractivity contribution is 9.10. The molecular formula is C18H22BrNS. The molecule has 1 unspecified atom stereocenters. The van der Waals surface area contributed by atoms with Crippen LogP contribution in [0.3, 0.4) is 0 Å². The van der Waals surface area contributed by atoms with Crippen molar-refractivity contribution in [3.63, 3.8) is 0 Å². The van der Waals surface area contributed by atoms with Gasteiger partial charge >= 0.3 is 0 Å². The number of hydrogen-bond donors (Lipinski definition) is 1. The predicted molar refractivity (Wildman–Crippen MR) is 95.2 cm³/mol. The first-order valence-corrected chi connectivity index (χ1v) is 9.38. The Hall–Kier alpha value is -0.640. The molecule has 1 aliphatic carbocycles. The zero-order valence-corrected chi connectivity index (χ0v) is 14.8. The molecule has 1 N–H and O–H groups in total.